The zero-order chi connectivity index (χ0) is 34.0. The molecule has 256 valence electrons. The van der Waals surface area contributed by atoms with E-state index in [0.717, 1.165) is 63.3 Å². The lowest BCUT2D eigenvalue weighted by molar-refractivity contribution is 0.100. The minimum Gasteiger partial charge on any atom is -0.369 e. The lowest BCUT2D eigenvalue weighted by atomic mass is 10.0. The van der Waals surface area contributed by atoms with Gasteiger partial charge in [0.15, 0.2) is 11.6 Å². The third-order valence-corrected chi connectivity index (χ3v) is 7.59. The summed E-state index contributed by atoms with van der Waals surface area (Å²) in [5.74, 6) is 0.828. The Morgan fingerprint density at radius 1 is 0.771 bits per heavy atom. The van der Waals surface area contributed by atoms with Crippen LogP contribution in [0.4, 0.5) is 5.82 Å². The number of aromatic nitrogens is 4. The van der Waals surface area contributed by atoms with Crippen molar-refractivity contribution in [1.82, 2.24) is 19.9 Å². The first-order valence-electron chi connectivity index (χ1n) is 14.9. The van der Waals surface area contributed by atoms with Crippen molar-refractivity contribution in [2.75, 3.05) is 18.4 Å². The predicted octanol–water partition coefficient (Wildman–Crippen LogP) is 9.75. The SMILES string of the molecule is C.C.CC(=O)c1cc(C)cnc1C.CC(=O)c1cc(Cl)cnc1Cl.Cc1cnc2cc(-c3ccc(C)c(C)c3)nc(NCCCN)c2c1. The van der Waals surface area contributed by atoms with E-state index in [4.69, 9.17) is 33.9 Å². The first kappa shape index (κ1) is 41.8. The van der Waals surface area contributed by atoms with Gasteiger partial charge in [0, 0.05) is 47.3 Å². The Kier molecular flexibility index (Phi) is 17.0. The van der Waals surface area contributed by atoms with Gasteiger partial charge in [-0.3, -0.25) is 19.6 Å². The second kappa shape index (κ2) is 19.5. The Morgan fingerprint density at radius 3 is 2.00 bits per heavy atom. The number of rotatable bonds is 7. The van der Waals surface area contributed by atoms with Gasteiger partial charge in [-0.2, -0.15) is 0 Å². The fourth-order valence-corrected chi connectivity index (χ4v) is 4.78. The molecule has 0 unspecified atom stereocenters. The van der Waals surface area contributed by atoms with Crippen molar-refractivity contribution < 1.29 is 9.59 Å². The zero-order valence-electron chi connectivity index (χ0n) is 27.3. The monoisotopic (exact) mass is 690 g/mol. The third-order valence-electron chi connectivity index (χ3n) is 7.08. The summed E-state index contributed by atoms with van der Waals surface area (Å²) in [7, 11) is 0. The van der Waals surface area contributed by atoms with E-state index >= 15 is 0 Å². The average molecular weight is 692 g/mol. The average Bonchev–Trinajstić information content (AvgIpc) is 3.01. The zero-order valence-corrected chi connectivity index (χ0v) is 28.8. The Hall–Kier alpha value is -4.24. The Bertz CT molecular complexity index is 1800. The highest BCUT2D eigenvalue weighted by molar-refractivity contribution is 6.34. The largest absolute Gasteiger partial charge is 0.369 e. The molecule has 0 saturated heterocycles. The van der Waals surface area contributed by atoms with Gasteiger partial charge in [0.2, 0.25) is 0 Å². The van der Waals surface area contributed by atoms with E-state index in [1.165, 1.54) is 30.3 Å². The number of fused-ring (bicyclic) bond motifs is 1. The van der Waals surface area contributed by atoms with Gasteiger partial charge in [-0.25, -0.2) is 9.97 Å². The van der Waals surface area contributed by atoms with Crippen molar-refractivity contribution in [1.29, 1.82) is 0 Å². The number of halogens is 2. The van der Waals surface area contributed by atoms with Crippen LogP contribution >= 0.6 is 23.2 Å². The molecule has 8 nitrogen and oxygen atoms in total. The fourth-order valence-electron chi connectivity index (χ4n) is 4.38. The maximum Gasteiger partial charge on any atom is 0.162 e. The van der Waals surface area contributed by atoms with Gasteiger partial charge in [0.05, 0.1) is 21.8 Å². The molecule has 0 fully saturated rings. The Labute approximate surface area is 295 Å². The van der Waals surface area contributed by atoms with E-state index < -0.39 is 0 Å². The summed E-state index contributed by atoms with van der Waals surface area (Å²) in [5, 5.41) is 5.09. The quantitative estimate of drug-likeness (QED) is 0.0982. The molecule has 10 heteroatoms. The van der Waals surface area contributed by atoms with E-state index in [0.29, 0.717) is 17.1 Å². The molecular formula is C38H48Cl2N6O2. The Balaban J connectivity index is 0.000000403. The van der Waals surface area contributed by atoms with E-state index in [9.17, 15) is 9.59 Å². The highest BCUT2D eigenvalue weighted by Crippen LogP contribution is 2.28. The van der Waals surface area contributed by atoms with Crippen LogP contribution in [0.5, 0.6) is 0 Å². The van der Waals surface area contributed by atoms with Gasteiger partial charge in [0.25, 0.3) is 0 Å². The summed E-state index contributed by atoms with van der Waals surface area (Å²) >= 11 is 11.2. The number of Topliss-reactive ketones (excluding diaryl/α,β-unsaturated/α-hetero) is 2. The summed E-state index contributed by atoms with van der Waals surface area (Å²) in [4.78, 5) is 39.1. The first-order valence-corrected chi connectivity index (χ1v) is 15.6. The summed E-state index contributed by atoms with van der Waals surface area (Å²) in [6.07, 6.45) is 5.98. The fraction of sp³-hybridized carbons (Fsp3) is 0.316. The number of benzene rings is 1. The van der Waals surface area contributed by atoms with Crippen LogP contribution in [0.25, 0.3) is 22.2 Å². The molecule has 4 aromatic heterocycles. The molecule has 0 bridgehead atoms. The van der Waals surface area contributed by atoms with Crippen LogP contribution < -0.4 is 11.1 Å². The van der Waals surface area contributed by atoms with Gasteiger partial charge in [-0.1, -0.05) is 50.2 Å². The van der Waals surface area contributed by atoms with Crippen LogP contribution in [-0.2, 0) is 0 Å². The third kappa shape index (κ3) is 11.8. The maximum atomic E-state index is 11.0. The number of carbonyl (C=O) groups is 2. The van der Waals surface area contributed by atoms with E-state index in [-0.39, 0.29) is 31.6 Å². The molecule has 0 amide bonds. The topological polar surface area (TPSA) is 124 Å². The lowest BCUT2D eigenvalue weighted by Gasteiger charge is -2.12. The Morgan fingerprint density at radius 2 is 1.42 bits per heavy atom. The van der Waals surface area contributed by atoms with Gasteiger partial charge >= 0.3 is 0 Å². The van der Waals surface area contributed by atoms with Gasteiger partial charge in [-0.15, -0.1) is 0 Å². The highest BCUT2D eigenvalue weighted by Gasteiger charge is 2.10. The summed E-state index contributed by atoms with van der Waals surface area (Å²) in [6, 6.07) is 14.0. The van der Waals surface area contributed by atoms with Crippen LogP contribution in [0, 0.1) is 34.6 Å². The second-order valence-electron chi connectivity index (χ2n) is 11.1. The second-order valence-corrected chi connectivity index (χ2v) is 11.8. The highest BCUT2D eigenvalue weighted by atomic mass is 35.5. The van der Waals surface area contributed by atoms with Crippen molar-refractivity contribution in [3.8, 4) is 11.3 Å². The molecule has 5 rings (SSSR count). The van der Waals surface area contributed by atoms with Crippen molar-refractivity contribution in [3.05, 3.63) is 110 Å². The molecule has 5 aromatic rings. The van der Waals surface area contributed by atoms with Crippen LogP contribution in [-0.4, -0.2) is 44.6 Å². The molecule has 0 aliphatic carbocycles. The van der Waals surface area contributed by atoms with Crippen molar-refractivity contribution in [2.45, 2.75) is 69.7 Å². The number of aryl methyl sites for hydroxylation is 5. The van der Waals surface area contributed by atoms with E-state index in [2.05, 4.69) is 64.4 Å². The molecule has 0 radical (unpaired) electrons. The van der Waals surface area contributed by atoms with Crippen LogP contribution in [0.15, 0.2) is 61.1 Å². The van der Waals surface area contributed by atoms with Crippen molar-refractivity contribution >= 4 is 51.5 Å². The number of hydrogen-bond acceptors (Lipinski definition) is 8. The minimum absolute atomic E-state index is 0. The molecule has 0 atom stereocenters. The molecular weight excluding hydrogens is 643 g/mol. The molecule has 0 aliphatic rings. The number of nitrogens with one attached hydrogen (secondary N) is 1. The number of nitrogens with zero attached hydrogens (tertiary/aromatic N) is 4. The summed E-state index contributed by atoms with van der Waals surface area (Å²) < 4.78 is 0. The number of ketones is 2. The van der Waals surface area contributed by atoms with Crippen LogP contribution in [0.1, 0.15) is 83.8 Å². The summed E-state index contributed by atoms with van der Waals surface area (Å²) in [5.41, 5.74) is 15.2. The van der Waals surface area contributed by atoms with Gasteiger partial charge in [-0.05, 0) is 114 Å². The number of pyridine rings is 4. The minimum atomic E-state index is -0.134. The van der Waals surface area contributed by atoms with E-state index in [1.54, 1.807) is 13.1 Å². The molecule has 0 aliphatic heterocycles. The number of anilines is 1. The van der Waals surface area contributed by atoms with Gasteiger partial charge < -0.3 is 11.1 Å². The van der Waals surface area contributed by atoms with Crippen LogP contribution in [0.3, 0.4) is 0 Å². The van der Waals surface area contributed by atoms with E-state index in [1.807, 2.05) is 33.0 Å². The van der Waals surface area contributed by atoms with Crippen LogP contribution in [0.2, 0.25) is 10.2 Å². The standard InChI is InChI=1S/C20H24N4.C9H11NO.C7H5Cl2NO.2CH4/c1-13-9-17-19(23-12-13)11-18(24-20(17)22-8-4-7-21)16-6-5-14(2)15(3)10-16;1-6-4-9(8(3)11)7(2)10-5-6;1-4(11)6-2-5(8)3-10-7(6)9;;/h5-6,9-12H,4,7-8,21H2,1-3H3,(H,22,24);4-5H,1-3H3;2-3H,1H3;2*1H4. The molecule has 4 heterocycles. The lowest BCUT2D eigenvalue weighted by Crippen LogP contribution is -2.10. The van der Waals surface area contributed by atoms with Crippen molar-refractivity contribution in [3.63, 3.8) is 0 Å². The van der Waals surface area contributed by atoms with Crippen molar-refractivity contribution in [2.24, 2.45) is 5.73 Å². The smallest absolute Gasteiger partial charge is 0.162 e. The normalized spacial score (nSPS) is 9.96. The molecule has 0 spiro atoms. The molecule has 3 N–H and O–H groups in total. The molecule has 48 heavy (non-hydrogen) atoms. The maximum absolute atomic E-state index is 11.0. The predicted molar refractivity (Wildman–Crippen MR) is 203 cm³/mol. The number of nitrogens with two attached hydrogens (primary N) is 1. The number of carbonyl (C=O) groups excluding carboxylic acids is 2. The molecule has 0 saturated carbocycles. The first-order chi connectivity index (χ1) is 21.8. The summed E-state index contributed by atoms with van der Waals surface area (Å²) in [6.45, 7) is 14.5. The number of hydrogen-bond donors (Lipinski definition) is 2. The molecule has 1 aromatic carbocycles. The van der Waals surface area contributed by atoms with Gasteiger partial charge in [0.1, 0.15) is 11.0 Å².